The van der Waals surface area contributed by atoms with Gasteiger partial charge >= 0.3 is 0 Å². The summed E-state index contributed by atoms with van der Waals surface area (Å²) in [5.41, 5.74) is 10.4. The maximum absolute atomic E-state index is 5.44. The number of aryl methyl sites for hydroxylation is 4. The SMILES string of the molecule is CCCN(c1cccc(C)c1)c1c2c(nc3c(-c4ccc(OC)cc4C)c(C)nn13)CCC2.Cl. The third kappa shape index (κ3) is 4.03. The number of rotatable bonds is 6. The van der Waals surface area contributed by atoms with Crippen molar-refractivity contribution in [2.45, 2.75) is 53.4 Å². The lowest BCUT2D eigenvalue weighted by Gasteiger charge is -2.27. The molecule has 6 heteroatoms. The molecule has 5 nitrogen and oxygen atoms in total. The third-order valence-electron chi connectivity index (χ3n) is 6.66. The first kappa shape index (κ1) is 24.1. The number of benzene rings is 2. The number of nitrogens with zero attached hydrogens (tertiary/aromatic N) is 4. The summed E-state index contributed by atoms with van der Waals surface area (Å²) in [6.07, 6.45) is 4.27. The van der Waals surface area contributed by atoms with Crippen molar-refractivity contribution in [3.05, 3.63) is 70.5 Å². The van der Waals surface area contributed by atoms with E-state index in [4.69, 9.17) is 14.8 Å². The Kier molecular flexibility index (Phi) is 6.85. The van der Waals surface area contributed by atoms with Gasteiger partial charge in [0.15, 0.2) is 5.65 Å². The molecule has 0 radical (unpaired) electrons. The van der Waals surface area contributed by atoms with E-state index < -0.39 is 0 Å². The van der Waals surface area contributed by atoms with Crippen LogP contribution in [0.15, 0.2) is 42.5 Å². The molecule has 0 saturated carbocycles. The van der Waals surface area contributed by atoms with Crippen molar-refractivity contribution in [3.63, 3.8) is 0 Å². The Hall–Kier alpha value is -3.05. The average Bonchev–Trinajstić information content (AvgIpc) is 3.40. The van der Waals surface area contributed by atoms with Gasteiger partial charge < -0.3 is 9.64 Å². The van der Waals surface area contributed by atoms with E-state index in [2.05, 4.69) is 73.5 Å². The molecular weight excluding hydrogens is 444 g/mol. The van der Waals surface area contributed by atoms with Crippen LogP contribution in [0, 0.1) is 20.8 Å². The monoisotopic (exact) mass is 476 g/mol. The zero-order valence-electron chi connectivity index (χ0n) is 20.7. The molecule has 0 saturated heterocycles. The Balaban J connectivity index is 0.00000274. The van der Waals surface area contributed by atoms with Gasteiger partial charge in [0.05, 0.1) is 12.8 Å². The van der Waals surface area contributed by atoms with Gasteiger partial charge in [-0.15, -0.1) is 12.4 Å². The zero-order chi connectivity index (χ0) is 23.1. The van der Waals surface area contributed by atoms with Crippen molar-refractivity contribution in [1.29, 1.82) is 0 Å². The van der Waals surface area contributed by atoms with Gasteiger partial charge in [-0.2, -0.15) is 9.61 Å². The van der Waals surface area contributed by atoms with Gasteiger partial charge in [-0.1, -0.05) is 25.1 Å². The van der Waals surface area contributed by atoms with Crippen LogP contribution >= 0.6 is 12.4 Å². The molecule has 0 fully saturated rings. The highest BCUT2D eigenvalue weighted by molar-refractivity contribution is 5.85. The summed E-state index contributed by atoms with van der Waals surface area (Å²) in [6.45, 7) is 9.56. The minimum atomic E-state index is 0. The number of aromatic nitrogens is 3. The molecule has 0 bridgehead atoms. The Morgan fingerprint density at radius 3 is 2.59 bits per heavy atom. The molecule has 0 unspecified atom stereocenters. The van der Waals surface area contributed by atoms with E-state index in [1.807, 2.05) is 6.07 Å². The van der Waals surface area contributed by atoms with Crippen molar-refractivity contribution in [3.8, 4) is 16.9 Å². The maximum Gasteiger partial charge on any atom is 0.165 e. The molecule has 0 amide bonds. The van der Waals surface area contributed by atoms with Gasteiger partial charge in [-0.05, 0) is 87.4 Å². The van der Waals surface area contributed by atoms with Crippen molar-refractivity contribution in [2.24, 2.45) is 0 Å². The number of halogens is 1. The molecule has 0 spiro atoms. The molecule has 0 aliphatic heterocycles. The summed E-state index contributed by atoms with van der Waals surface area (Å²) in [5.74, 6) is 2.05. The molecule has 1 aliphatic rings. The van der Waals surface area contributed by atoms with Gasteiger partial charge in [0, 0.05) is 29.1 Å². The summed E-state index contributed by atoms with van der Waals surface area (Å²) in [5, 5.41) is 5.08. The van der Waals surface area contributed by atoms with Crippen LogP contribution < -0.4 is 9.64 Å². The van der Waals surface area contributed by atoms with Crippen LogP contribution in [0.3, 0.4) is 0 Å². The first-order valence-corrected chi connectivity index (χ1v) is 11.9. The van der Waals surface area contributed by atoms with E-state index in [-0.39, 0.29) is 12.4 Å². The lowest BCUT2D eigenvalue weighted by atomic mass is 10.0. The molecule has 4 aromatic rings. The van der Waals surface area contributed by atoms with Crippen molar-refractivity contribution in [2.75, 3.05) is 18.6 Å². The van der Waals surface area contributed by atoms with Gasteiger partial charge in [0.2, 0.25) is 0 Å². The van der Waals surface area contributed by atoms with E-state index in [9.17, 15) is 0 Å². The fourth-order valence-electron chi connectivity index (χ4n) is 5.13. The highest BCUT2D eigenvalue weighted by Gasteiger charge is 2.28. The normalized spacial score (nSPS) is 12.5. The van der Waals surface area contributed by atoms with Crippen LogP contribution in [0.1, 0.15) is 47.8 Å². The van der Waals surface area contributed by atoms with Crippen molar-refractivity contribution in [1.82, 2.24) is 14.6 Å². The minimum Gasteiger partial charge on any atom is -0.497 e. The Labute approximate surface area is 208 Å². The van der Waals surface area contributed by atoms with Crippen LogP contribution in [0.5, 0.6) is 5.75 Å². The zero-order valence-corrected chi connectivity index (χ0v) is 21.5. The number of methoxy groups -OCH3 is 1. The lowest BCUT2D eigenvalue weighted by Crippen LogP contribution is -2.23. The van der Waals surface area contributed by atoms with Gasteiger partial charge in [0.25, 0.3) is 0 Å². The second kappa shape index (κ2) is 9.67. The van der Waals surface area contributed by atoms with Crippen molar-refractivity contribution >= 4 is 29.6 Å². The topological polar surface area (TPSA) is 42.7 Å². The molecular formula is C28H33ClN4O. The predicted molar refractivity (Wildman–Crippen MR) is 142 cm³/mol. The van der Waals surface area contributed by atoms with Crippen molar-refractivity contribution < 1.29 is 4.74 Å². The lowest BCUT2D eigenvalue weighted by molar-refractivity contribution is 0.414. The summed E-state index contributed by atoms with van der Waals surface area (Å²) in [4.78, 5) is 7.64. The van der Waals surface area contributed by atoms with Crippen LogP contribution in [-0.4, -0.2) is 28.3 Å². The molecule has 178 valence electrons. The predicted octanol–water partition coefficient (Wildman–Crippen LogP) is 6.79. The van der Waals surface area contributed by atoms with E-state index in [0.717, 1.165) is 60.4 Å². The van der Waals surface area contributed by atoms with Crippen LogP contribution in [0.25, 0.3) is 16.8 Å². The molecule has 1 aliphatic carbocycles. The van der Waals surface area contributed by atoms with E-state index in [0.29, 0.717) is 0 Å². The summed E-state index contributed by atoms with van der Waals surface area (Å²) in [6, 6.07) is 15.0. The second-order valence-corrected chi connectivity index (χ2v) is 9.08. The summed E-state index contributed by atoms with van der Waals surface area (Å²) in [7, 11) is 1.71. The molecule has 2 aromatic carbocycles. The molecule has 2 aromatic heterocycles. The molecule has 34 heavy (non-hydrogen) atoms. The highest BCUT2D eigenvalue weighted by atomic mass is 35.5. The first-order chi connectivity index (χ1) is 16.0. The van der Waals surface area contributed by atoms with E-state index in [1.165, 1.54) is 33.9 Å². The number of hydrogen-bond donors (Lipinski definition) is 0. The first-order valence-electron chi connectivity index (χ1n) is 11.9. The van der Waals surface area contributed by atoms with Gasteiger partial charge in [-0.25, -0.2) is 4.98 Å². The smallest absolute Gasteiger partial charge is 0.165 e. The Bertz CT molecular complexity index is 1340. The number of anilines is 2. The largest absolute Gasteiger partial charge is 0.497 e. The number of hydrogen-bond acceptors (Lipinski definition) is 4. The fraction of sp³-hybridized carbons (Fsp3) is 0.357. The second-order valence-electron chi connectivity index (χ2n) is 9.08. The van der Waals surface area contributed by atoms with Gasteiger partial charge in [0.1, 0.15) is 11.6 Å². The molecule has 0 N–H and O–H groups in total. The summed E-state index contributed by atoms with van der Waals surface area (Å²) < 4.78 is 7.55. The standard InChI is InChI=1S/C28H32N4O.ClH/c1-6-15-31(21-10-7-9-18(2)16-21)28-24-11-8-12-25(24)29-27-26(20(4)30-32(27)28)23-14-13-22(33-5)17-19(23)3;/h7,9-10,13-14,16-17H,6,8,11-12,15H2,1-5H3;1H. The molecule has 0 atom stereocenters. The quantitative estimate of drug-likeness (QED) is 0.307. The fourth-order valence-corrected chi connectivity index (χ4v) is 5.13. The third-order valence-corrected chi connectivity index (χ3v) is 6.66. The van der Waals surface area contributed by atoms with Crippen LogP contribution in [0.2, 0.25) is 0 Å². The van der Waals surface area contributed by atoms with Gasteiger partial charge in [-0.3, -0.25) is 0 Å². The van der Waals surface area contributed by atoms with E-state index in [1.54, 1.807) is 7.11 Å². The number of fused-ring (bicyclic) bond motifs is 2. The van der Waals surface area contributed by atoms with Crippen LogP contribution in [0.4, 0.5) is 11.5 Å². The van der Waals surface area contributed by atoms with E-state index >= 15 is 0 Å². The average molecular weight is 477 g/mol. The molecule has 5 rings (SSSR count). The maximum atomic E-state index is 5.44. The number of ether oxygens (including phenoxy) is 1. The summed E-state index contributed by atoms with van der Waals surface area (Å²) >= 11 is 0. The highest BCUT2D eigenvalue weighted by Crippen LogP contribution is 2.39. The molecule has 2 heterocycles. The Morgan fingerprint density at radius 1 is 1.06 bits per heavy atom. The van der Waals surface area contributed by atoms with Crippen LogP contribution in [-0.2, 0) is 12.8 Å². The Morgan fingerprint density at radius 2 is 1.88 bits per heavy atom. The minimum absolute atomic E-state index is 0.